The molecule has 1 aromatic carbocycles. The quantitative estimate of drug-likeness (QED) is 0.502. The van der Waals surface area contributed by atoms with Gasteiger partial charge in [-0.05, 0) is 37.1 Å². The van der Waals surface area contributed by atoms with Crippen molar-refractivity contribution in [3.05, 3.63) is 23.8 Å². The van der Waals surface area contributed by atoms with Gasteiger partial charge in [0.15, 0.2) is 11.5 Å². The van der Waals surface area contributed by atoms with Crippen LogP contribution in [0.5, 0.6) is 11.5 Å². The Kier molecular flexibility index (Phi) is 10.3. The van der Waals surface area contributed by atoms with Gasteiger partial charge in [0.1, 0.15) is 0 Å². The number of methoxy groups -OCH3 is 2. The van der Waals surface area contributed by atoms with E-state index in [1.54, 1.807) is 14.2 Å². The SMILES string of the molecule is COc1ccc(CCNC(=O)CCC(=O)NCCCN2CCOCC2)cc1OC. The van der Waals surface area contributed by atoms with E-state index in [4.69, 9.17) is 14.2 Å². The van der Waals surface area contributed by atoms with Gasteiger partial charge in [0, 0.05) is 39.0 Å². The number of rotatable bonds is 12. The van der Waals surface area contributed by atoms with Crippen LogP contribution in [-0.2, 0) is 20.7 Å². The summed E-state index contributed by atoms with van der Waals surface area (Å²) >= 11 is 0. The van der Waals surface area contributed by atoms with E-state index in [-0.39, 0.29) is 24.7 Å². The van der Waals surface area contributed by atoms with Crippen LogP contribution in [0.1, 0.15) is 24.8 Å². The zero-order valence-corrected chi connectivity index (χ0v) is 17.5. The number of morpholine rings is 1. The molecule has 1 heterocycles. The molecule has 1 aliphatic heterocycles. The Bertz CT molecular complexity index is 647. The van der Waals surface area contributed by atoms with Crippen molar-refractivity contribution in [3.63, 3.8) is 0 Å². The number of amides is 2. The molecule has 1 aliphatic rings. The molecule has 1 aromatic rings. The maximum atomic E-state index is 11.9. The minimum Gasteiger partial charge on any atom is -0.493 e. The molecule has 0 unspecified atom stereocenters. The molecule has 2 rings (SSSR count). The molecule has 0 spiro atoms. The monoisotopic (exact) mass is 407 g/mol. The molecule has 2 amide bonds. The third kappa shape index (κ3) is 8.70. The Morgan fingerprint density at radius 3 is 2.31 bits per heavy atom. The van der Waals surface area contributed by atoms with Gasteiger partial charge < -0.3 is 24.8 Å². The second-order valence-electron chi connectivity index (χ2n) is 6.95. The average Bonchev–Trinajstić information content (AvgIpc) is 2.76. The van der Waals surface area contributed by atoms with Crippen LogP contribution in [0, 0.1) is 0 Å². The van der Waals surface area contributed by atoms with Crippen molar-refractivity contribution in [2.75, 3.05) is 60.2 Å². The van der Waals surface area contributed by atoms with Gasteiger partial charge in [-0.2, -0.15) is 0 Å². The molecule has 0 radical (unpaired) electrons. The smallest absolute Gasteiger partial charge is 0.220 e. The first-order valence-electron chi connectivity index (χ1n) is 10.2. The summed E-state index contributed by atoms with van der Waals surface area (Å²) in [5.74, 6) is 1.15. The molecule has 162 valence electrons. The van der Waals surface area contributed by atoms with Crippen LogP contribution >= 0.6 is 0 Å². The van der Waals surface area contributed by atoms with Gasteiger partial charge in [-0.15, -0.1) is 0 Å². The first-order chi connectivity index (χ1) is 14.1. The normalized spacial score (nSPS) is 14.3. The number of hydrogen-bond donors (Lipinski definition) is 2. The lowest BCUT2D eigenvalue weighted by Gasteiger charge is -2.26. The summed E-state index contributed by atoms with van der Waals surface area (Å²) in [5.41, 5.74) is 1.04. The fourth-order valence-corrected chi connectivity index (χ4v) is 3.14. The van der Waals surface area contributed by atoms with E-state index in [1.165, 1.54) is 0 Å². The number of benzene rings is 1. The summed E-state index contributed by atoms with van der Waals surface area (Å²) < 4.78 is 15.8. The molecule has 0 aromatic heterocycles. The summed E-state index contributed by atoms with van der Waals surface area (Å²) in [5, 5.41) is 5.73. The van der Waals surface area contributed by atoms with E-state index in [0.717, 1.165) is 44.8 Å². The van der Waals surface area contributed by atoms with E-state index < -0.39 is 0 Å². The Labute approximate surface area is 172 Å². The summed E-state index contributed by atoms with van der Waals surface area (Å²) in [6.45, 7) is 5.59. The maximum Gasteiger partial charge on any atom is 0.220 e. The van der Waals surface area contributed by atoms with E-state index >= 15 is 0 Å². The fourth-order valence-electron chi connectivity index (χ4n) is 3.14. The molecule has 29 heavy (non-hydrogen) atoms. The Morgan fingerprint density at radius 2 is 1.66 bits per heavy atom. The fraction of sp³-hybridized carbons (Fsp3) is 0.619. The molecule has 0 saturated carbocycles. The van der Waals surface area contributed by atoms with E-state index in [2.05, 4.69) is 15.5 Å². The molecular formula is C21H33N3O5. The highest BCUT2D eigenvalue weighted by Crippen LogP contribution is 2.27. The molecule has 1 saturated heterocycles. The second-order valence-corrected chi connectivity index (χ2v) is 6.95. The maximum absolute atomic E-state index is 11.9. The molecule has 0 aliphatic carbocycles. The van der Waals surface area contributed by atoms with Gasteiger partial charge in [-0.1, -0.05) is 6.07 Å². The van der Waals surface area contributed by atoms with Crippen LogP contribution in [-0.4, -0.2) is 76.9 Å². The zero-order chi connectivity index (χ0) is 20.9. The minimum absolute atomic E-state index is 0.0815. The van der Waals surface area contributed by atoms with Crippen molar-refractivity contribution in [3.8, 4) is 11.5 Å². The van der Waals surface area contributed by atoms with Crippen LogP contribution in [0.3, 0.4) is 0 Å². The van der Waals surface area contributed by atoms with Crippen LogP contribution in [0.15, 0.2) is 18.2 Å². The summed E-state index contributed by atoms with van der Waals surface area (Å²) in [6.07, 6.45) is 1.99. The zero-order valence-electron chi connectivity index (χ0n) is 17.5. The lowest BCUT2D eigenvalue weighted by Crippen LogP contribution is -2.38. The first-order valence-corrected chi connectivity index (χ1v) is 10.2. The predicted octanol–water partition coefficient (Wildman–Crippen LogP) is 0.981. The van der Waals surface area contributed by atoms with Crippen molar-refractivity contribution < 1.29 is 23.8 Å². The standard InChI is InChI=1S/C21H33N3O5/c1-27-18-5-4-17(16-19(18)28-2)8-10-23-21(26)7-6-20(25)22-9-3-11-24-12-14-29-15-13-24/h4-5,16H,3,6-15H2,1-2H3,(H,22,25)(H,23,26). The summed E-state index contributed by atoms with van der Waals surface area (Å²) in [4.78, 5) is 26.2. The summed E-state index contributed by atoms with van der Waals surface area (Å²) in [7, 11) is 3.19. The minimum atomic E-state index is -0.117. The third-order valence-electron chi connectivity index (χ3n) is 4.84. The third-order valence-corrected chi connectivity index (χ3v) is 4.84. The van der Waals surface area contributed by atoms with Gasteiger partial charge in [0.25, 0.3) is 0 Å². The van der Waals surface area contributed by atoms with Crippen molar-refractivity contribution >= 4 is 11.8 Å². The number of nitrogens with zero attached hydrogens (tertiary/aromatic N) is 1. The van der Waals surface area contributed by atoms with Crippen molar-refractivity contribution in [2.45, 2.75) is 25.7 Å². The number of nitrogens with one attached hydrogen (secondary N) is 2. The van der Waals surface area contributed by atoms with Gasteiger partial charge in [-0.3, -0.25) is 14.5 Å². The van der Waals surface area contributed by atoms with Crippen LogP contribution in [0.2, 0.25) is 0 Å². The van der Waals surface area contributed by atoms with Crippen molar-refractivity contribution in [1.29, 1.82) is 0 Å². The first kappa shape index (κ1) is 23.0. The van der Waals surface area contributed by atoms with Gasteiger partial charge in [0.2, 0.25) is 11.8 Å². The largest absolute Gasteiger partial charge is 0.493 e. The molecule has 8 heteroatoms. The Balaban J connectivity index is 1.54. The highest BCUT2D eigenvalue weighted by atomic mass is 16.5. The molecule has 8 nitrogen and oxygen atoms in total. The number of ether oxygens (including phenoxy) is 3. The molecule has 0 atom stereocenters. The van der Waals surface area contributed by atoms with E-state index in [1.807, 2.05) is 18.2 Å². The molecule has 0 bridgehead atoms. The Hall–Kier alpha value is -2.32. The lowest BCUT2D eigenvalue weighted by atomic mass is 10.1. The number of carbonyl (C=O) groups excluding carboxylic acids is 2. The molecular weight excluding hydrogens is 374 g/mol. The van der Waals surface area contributed by atoms with Crippen LogP contribution in [0.25, 0.3) is 0 Å². The van der Waals surface area contributed by atoms with Crippen LogP contribution in [0.4, 0.5) is 0 Å². The highest BCUT2D eigenvalue weighted by molar-refractivity contribution is 5.83. The lowest BCUT2D eigenvalue weighted by molar-refractivity contribution is -0.126. The molecule has 2 N–H and O–H groups in total. The predicted molar refractivity (Wildman–Crippen MR) is 110 cm³/mol. The average molecular weight is 408 g/mol. The number of carbonyl (C=O) groups is 2. The van der Waals surface area contributed by atoms with E-state index in [0.29, 0.717) is 31.0 Å². The molecule has 1 fully saturated rings. The van der Waals surface area contributed by atoms with Crippen molar-refractivity contribution in [1.82, 2.24) is 15.5 Å². The Morgan fingerprint density at radius 1 is 1.00 bits per heavy atom. The van der Waals surface area contributed by atoms with E-state index in [9.17, 15) is 9.59 Å². The topological polar surface area (TPSA) is 89.1 Å². The van der Waals surface area contributed by atoms with Gasteiger partial charge >= 0.3 is 0 Å². The van der Waals surface area contributed by atoms with Crippen molar-refractivity contribution in [2.24, 2.45) is 0 Å². The van der Waals surface area contributed by atoms with Gasteiger partial charge in [-0.25, -0.2) is 0 Å². The van der Waals surface area contributed by atoms with Gasteiger partial charge in [0.05, 0.1) is 27.4 Å². The second kappa shape index (κ2) is 13.0. The van der Waals surface area contributed by atoms with Crippen LogP contribution < -0.4 is 20.1 Å². The number of hydrogen-bond acceptors (Lipinski definition) is 6. The summed E-state index contributed by atoms with van der Waals surface area (Å²) in [6, 6.07) is 5.69. The highest BCUT2D eigenvalue weighted by Gasteiger charge is 2.10.